The van der Waals surface area contributed by atoms with Crippen LogP contribution in [0.2, 0.25) is 0 Å². The number of hydrogen-bond acceptors (Lipinski definition) is 5. The molecule has 0 saturated carbocycles. The molecule has 0 bridgehead atoms. The highest BCUT2D eigenvalue weighted by atomic mass is 31.1. The normalized spacial score (nSPS) is 23.8. The summed E-state index contributed by atoms with van der Waals surface area (Å²) < 4.78 is 11.2. The van der Waals surface area contributed by atoms with Gasteiger partial charge in [0.1, 0.15) is 17.8 Å². The Balaban J connectivity index is 1.13. The quantitative estimate of drug-likeness (QED) is 0.405. The summed E-state index contributed by atoms with van der Waals surface area (Å²) in [7, 11) is -2.30. The van der Waals surface area contributed by atoms with Crippen molar-refractivity contribution in [2.75, 3.05) is 13.1 Å². The number of likely N-dealkylation sites (tertiary alicyclic amines) is 1. The second-order valence-corrected chi connectivity index (χ2v) is 11.8. The number of benzene rings is 1. The lowest BCUT2D eigenvalue weighted by Gasteiger charge is -2.42. The molecule has 11 heteroatoms. The second kappa shape index (κ2) is 10.5. The number of fused-ring (bicyclic) bond motifs is 2. The van der Waals surface area contributed by atoms with E-state index in [1.54, 1.807) is 35.4 Å². The second-order valence-electron chi connectivity index (χ2n) is 10.8. The van der Waals surface area contributed by atoms with E-state index in [1.807, 2.05) is 23.2 Å². The van der Waals surface area contributed by atoms with Crippen molar-refractivity contribution in [2.45, 2.75) is 62.3 Å². The number of nitrogens with zero attached hydrogens (tertiary/aromatic N) is 3. The zero-order chi connectivity index (χ0) is 27.1. The van der Waals surface area contributed by atoms with Crippen LogP contribution in [0.5, 0.6) is 0 Å². The van der Waals surface area contributed by atoms with Gasteiger partial charge in [-0.05, 0) is 66.5 Å². The van der Waals surface area contributed by atoms with Gasteiger partial charge in [0.25, 0.3) is 5.91 Å². The highest BCUT2D eigenvalue weighted by Crippen LogP contribution is 2.35. The molecule has 0 aliphatic carbocycles. The van der Waals surface area contributed by atoms with E-state index < -0.39 is 20.1 Å². The molecule has 3 saturated heterocycles. The summed E-state index contributed by atoms with van der Waals surface area (Å²) >= 11 is 0. The first kappa shape index (κ1) is 25.6. The fraction of sp³-hybridized carbons (Fsp3) is 0.429. The van der Waals surface area contributed by atoms with E-state index in [2.05, 4.69) is 15.3 Å². The van der Waals surface area contributed by atoms with Crippen LogP contribution in [0.4, 0.5) is 0 Å². The highest BCUT2D eigenvalue weighted by molar-refractivity contribution is 7.37. The van der Waals surface area contributed by atoms with Crippen LogP contribution in [-0.4, -0.2) is 73.6 Å². The molecule has 3 amide bonds. The Morgan fingerprint density at radius 1 is 1.13 bits per heavy atom. The molecule has 0 radical (unpaired) electrons. The fourth-order valence-corrected chi connectivity index (χ4v) is 6.74. The van der Waals surface area contributed by atoms with Crippen LogP contribution >= 0.6 is 8.03 Å². The number of H-pyrrole nitrogens is 1. The first-order valence-electron chi connectivity index (χ1n) is 13.4. The van der Waals surface area contributed by atoms with Gasteiger partial charge in [-0.2, -0.15) is 4.89 Å². The molecule has 39 heavy (non-hydrogen) atoms. The molecule has 1 unspecified atom stereocenters. The predicted octanol–water partition coefficient (Wildman–Crippen LogP) is 3.07. The van der Waals surface area contributed by atoms with Gasteiger partial charge in [-0.1, -0.05) is 12.1 Å². The lowest BCUT2D eigenvalue weighted by molar-refractivity contribution is -0.148. The minimum absolute atomic E-state index is 0.00554. The summed E-state index contributed by atoms with van der Waals surface area (Å²) in [5, 5.41) is 3.67. The van der Waals surface area contributed by atoms with Crippen molar-refractivity contribution in [1.29, 1.82) is 0 Å². The van der Waals surface area contributed by atoms with E-state index in [0.29, 0.717) is 37.2 Å². The van der Waals surface area contributed by atoms with Crippen LogP contribution in [-0.2, 0) is 20.3 Å². The third kappa shape index (κ3) is 5.06. The van der Waals surface area contributed by atoms with Crippen molar-refractivity contribution in [3.63, 3.8) is 0 Å². The van der Waals surface area contributed by atoms with Gasteiger partial charge < -0.3 is 20.1 Å². The van der Waals surface area contributed by atoms with Crippen LogP contribution in [0.15, 0.2) is 48.8 Å². The van der Waals surface area contributed by atoms with Crippen LogP contribution in [0.3, 0.4) is 0 Å². The van der Waals surface area contributed by atoms with Gasteiger partial charge in [0.05, 0.1) is 0 Å². The number of carbonyl (C=O) groups is 3. The number of carbonyl (C=O) groups excluding carboxylic acids is 3. The van der Waals surface area contributed by atoms with E-state index in [4.69, 9.17) is 0 Å². The number of aromatic nitrogens is 2. The third-order valence-corrected chi connectivity index (χ3v) is 8.91. The van der Waals surface area contributed by atoms with Crippen LogP contribution in [0.25, 0.3) is 10.9 Å². The zero-order valence-electron chi connectivity index (χ0n) is 21.5. The monoisotopic (exact) mass is 548 g/mol. The van der Waals surface area contributed by atoms with Crippen molar-refractivity contribution in [3.05, 3.63) is 65.6 Å². The first-order chi connectivity index (χ1) is 18.9. The number of pyridine rings is 1. The molecule has 3 aromatic rings. The SMILES string of the molecule is O=C(N[C@H]1CCC[C@H]2CC[C@@H](C(=O)N3CC(c4cccnc4)C3)N2C1=O)c1cc2cc(C[P+](=O)O)ccc2[nH]1. The van der Waals surface area contributed by atoms with Gasteiger partial charge in [-0.25, -0.2) is 0 Å². The molecular formula is C28H31N5O5P+. The van der Waals surface area contributed by atoms with Crippen molar-refractivity contribution in [1.82, 2.24) is 25.1 Å². The smallest absolute Gasteiger partial charge is 0.351 e. The Morgan fingerprint density at radius 3 is 2.74 bits per heavy atom. The highest BCUT2D eigenvalue weighted by Gasteiger charge is 2.47. The molecule has 10 nitrogen and oxygen atoms in total. The Morgan fingerprint density at radius 2 is 1.97 bits per heavy atom. The fourth-order valence-electron chi connectivity index (χ4n) is 6.23. The lowest BCUT2D eigenvalue weighted by Crippen LogP contribution is -2.58. The zero-order valence-corrected chi connectivity index (χ0v) is 22.3. The predicted molar refractivity (Wildman–Crippen MR) is 144 cm³/mol. The topological polar surface area (TPSA) is 136 Å². The molecule has 5 heterocycles. The number of amides is 3. The first-order valence-corrected chi connectivity index (χ1v) is 14.8. The molecule has 1 aromatic carbocycles. The number of hydrogen-bond donors (Lipinski definition) is 3. The number of rotatable bonds is 6. The molecule has 4 atom stereocenters. The maximum atomic E-state index is 13.7. The average Bonchev–Trinajstić information content (AvgIpc) is 3.47. The van der Waals surface area contributed by atoms with Crippen LogP contribution in [0, 0.1) is 0 Å². The molecule has 3 aliphatic rings. The van der Waals surface area contributed by atoms with Gasteiger partial charge in [-0.15, -0.1) is 0 Å². The summed E-state index contributed by atoms with van der Waals surface area (Å²) in [5.74, 6) is -0.308. The van der Waals surface area contributed by atoms with Crippen molar-refractivity contribution < 1.29 is 23.8 Å². The number of nitrogens with one attached hydrogen (secondary N) is 2. The van der Waals surface area contributed by atoms with E-state index in [0.717, 1.165) is 35.7 Å². The Hall–Kier alpha value is -3.62. The standard InChI is InChI=1S/C28H30N5O5P/c34-26(24-12-19-11-17(16-39(37)38)6-8-22(19)30-24)31-23-5-1-4-21-7-9-25(33(21)27(23)35)28(36)32-14-20(15-32)18-3-2-10-29-13-18/h2-3,6,8,10-13,20-21,23,25H,1,4-5,7,9,14-16H2,(H2-,30,31,34,37,38)/p+1/t21-,23-,25-/m0/s1. The van der Waals surface area contributed by atoms with Crippen molar-refractivity contribution >= 4 is 36.7 Å². The molecule has 6 rings (SSSR count). The molecule has 0 spiro atoms. The van der Waals surface area contributed by atoms with Gasteiger partial charge in [0, 0.05) is 53.9 Å². The summed E-state index contributed by atoms with van der Waals surface area (Å²) in [6.45, 7) is 1.26. The Labute approximate surface area is 226 Å². The summed E-state index contributed by atoms with van der Waals surface area (Å²) in [5.41, 5.74) is 2.88. The minimum Gasteiger partial charge on any atom is -0.351 e. The summed E-state index contributed by atoms with van der Waals surface area (Å²) in [6.07, 6.45) is 7.21. The molecule has 202 valence electrons. The van der Waals surface area contributed by atoms with Gasteiger partial charge in [-0.3, -0.25) is 19.4 Å². The maximum Gasteiger partial charge on any atom is 0.510 e. The largest absolute Gasteiger partial charge is 0.510 e. The molecular weight excluding hydrogens is 517 g/mol. The summed E-state index contributed by atoms with van der Waals surface area (Å²) in [4.78, 5) is 60.4. The van der Waals surface area contributed by atoms with Crippen LogP contribution < -0.4 is 5.32 Å². The van der Waals surface area contributed by atoms with Crippen molar-refractivity contribution in [2.24, 2.45) is 0 Å². The van der Waals surface area contributed by atoms with Gasteiger partial charge in [0.15, 0.2) is 0 Å². The molecule has 3 N–H and O–H groups in total. The maximum absolute atomic E-state index is 13.7. The van der Waals surface area contributed by atoms with Gasteiger partial charge in [0.2, 0.25) is 18.0 Å². The molecule has 3 fully saturated rings. The van der Waals surface area contributed by atoms with E-state index in [9.17, 15) is 23.8 Å². The van der Waals surface area contributed by atoms with E-state index in [1.165, 1.54) is 0 Å². The summed E-state index contributed by atoms with van der Waals surface area (Å²) in [6, 6.07) is 9.76. The molecule has 2 aromatic heterocycles. The van der Waals surface area contributed by atoms with Crippen molar-refractivity contribution in [3.8, 4) is 0 Å². The van der Waals surface area contributed by atoms with E-state index >= 15 is 0 Å². The van der Waals surface area contributed by atoms with E-state index in [-0.39, 0.29) is 35.8 Å². The lowest BCUT2D eigenvalue weighted by atomic mass is 9.92. The minimum atomic E-state index is -2.30. The Kier molecular flexibility index (Phi) is 6.91. The average molecular weight is 549 g/mol. The number of aromatic amines is 1. The van der Waals surface area contributed by atoms with Gasteiger partial charge >= 0.3 is 8.03 Å². The third-order valence-electron chi connectivity index (χ3n) is 8.27. The molecule has 3 aliphatic heterocycles. The van der Waals surface area contributed by atoms with Crippen LogP contribution in [0.1, 0.15) is 59.6 Å². The Bertz CT molecular complexity index is 1440.